The minimum atomic E-state index is -0.567. The second-order valence-corrected chi connectivity index (χ2v) is 7.53. The molecule has 0 aliphatic carbocycles. The molecule has 0 saturated carbocycles. The number of hydrogen-bond acceptors (Lipinski definition) is 6. The maximum atomic E-state index is 13.3. The molecule has 8 nitrogen and oxygen atoms in total. The van der Waals surface area contributed by atoms with Crippen LogP contribution < -0.4 is 5.32 Å². The molecule has 8 heteroatoms. The Kier molecular flexibility index (Phi) is 5.85. The third-order valence-electron chi connectivity index (χ3n) is 5.68. The van der Waals surface area contributed by atoms with Gasteiger partial charge >= 0.3 is 12.0 Å². The first kappa shape index (κ1) is 20.2. The molecule has 2 aliphatic rings. The van der Waals surface area contributed by atoms with Gasteiger partial charge in [0.2, 0.25) is 11.7 Å². The molecule has 2 saturated heterocycles. The van der Waals surface area contributed by atoms with Crippen LogP contribution in [0.1, 0.15) is 34.7 Å². The maximum absolute atomic E-state index is 13.3. The number of fused-ring (bicyclic) bond motifs is 1. The van der Waals surface area contributed by atoms with E-state index < -0.39 is 12.0 Å². The molecule has 2 fully saturated rings. The number of methoxy groups -OCH3 is 1. The summed E-state index contributed by atoms with van der Waals surface area (Å²) in [5, 5.41) is 3.28. The average molecular weight is 411 g/mol. The molecule has 2 aromatic rings. The largest absolute Gasteiger partial charge is 0.463 e. The van der Waals surface area contributed by atoms with Crippen molar-refractivity contribution in [3.63, 3.8) is 0 Å². The summed E-state index contributed by atoms with van der Waals surface area (Å²) >= 11 is 0. The molecule has 0 radical (unpaired) electrons. The van der Waals surface area contributed by atoms with Gasteiger partial charge in [0.05, 0.1) is 19.7 Å². The number of furan rings is 1. The van der Waals surface area contributed by atoms with E-state index in [2.05, 4.69) is 10.1 Å². The summed E-state index contributed by atoms with van der Waals surface area (Å²) in [4.78, 5) is 41.0. The average Bonchev–Trinajstić information content (AvgIpc) is 3.25. The van der Waals surface area contributed by atoms with Gasteiger partial charge in [-0.15, -0.1) is 0 Å². The first-order valence-electron chi connectivity index (χ1n) is 10.1. The first-order chi connectivity index (χ1) is 14.6. The Morgan fingerprint density at radius 1 is 1.20 bits per heavy atom. The minimum Gasteiger partial charge on any atom is -0.463 e. The van der Waals surface area contributed by atoms with Gasteiger partial charge in [0.1, 0.15) is 11.8 Å². The molecule has 3 amide bonds. The number of esters is 1. The highest BCUT2D eigenvalue weighted by atomic mass is 16.5. The first-order valence-corrected chi connectivity index (χ1v) is 10.1. The van der Waals surface area contributed by atoms with Crippen LogP contribution in [0.25, 0.3) is 0 Å². The van der Waals surface area contributed by atoms with Crippen molar-refractivity contribution >= 4 is 17.9 Å². The van der Waals surface area contributed by atoms with Crippen molar-refractivity contribution < 1.29 is 23.5 Å². The second kappa shape index (κ2) is 8.71. The number of ether oxygens (including phenoxy) is 1. The number of rotatable bonds is 6. The highest BCUT2D eigenvalue weighted by Gasteiger charge is 2.47. The van der Waals surface area contributed by atoms with Crippen LogP contribution in [0.15, 0.2) is 46.9 Å². The van der Waals surface area contributed by atoms with E-state index in [1.54, 1.807) is 11.0 Å². The normalized spacial score (nSPS) is 21.5. The van der Waals surface area contributed by atoms with E-state index in [1.807, 2.05) is 30.3 Å². The molecule has 4 rings (SSSR count). The molecule has 3 heterocycles. The van der Waals surface area contributed by atoms with Gasteiger partial charge in [-0.05, 0) is 43.5 Å². The van der Waals surface area contributed by atoms with E-state index in [0.717, 1.165) is 24.9 Å². The SMILES string of the molecule is COC(=O)c1ccc(CN2C(=O)N(CCc3ccccc3)C(=O)C3NCCCC32)o1. The summed E-state index contributed by atoms with van der Waals surface area (Å²) in [6, 6.07) is 12.0. The topological polar surface area (TPSA) is 92.1 Å². The number of amides is 3. The van der Waals surface area contributed by atoms with Crippen molar-refractivity contribution in [3.05, 3.63) is 59.5 Å². The van der Waals surface area contributed by atoms with Gasteiger partial charge in [-0.2, -0.15) is 0 Å². The number of carbonyl (C=O) groups excluding carboxylic acids is 3. The monoisotopic (exact) mass is 411 g/mol. The molecular formula is C22H25N3O5. The number of urea groups is 1. The van der Waals surface area contributed by atoms with Crippen LogP contribution in [0.2, 0.25) is 0 Å². The number of benzene rings is 1. The fraction of sp³-hybridized carbons (Fsp3) is 0.409. The lowest BCUT2D eigenvalue weighted by molar-refractivity contribution is -0.137. The number of nitrogens with zero attached hydrogens (tertiary/aromatic N) is 2. The molecule has 1 N–H and O–H groups in total. The zero-order chi connectivity index (χ0) is 21.1. The Morgan fingerprint density at radius 2 is 2.00 bits per heavy atom. The van der Waals surface area contributed by atoms with Gasteiger partial charge in [-0.1, -0.05) is 30.3 Å². The molecule has 2 atom stereocenters. The molecule has 0 spiro atoms. The maximum Gasteiger partial charge on any atom is 0.373 e. The molecule has 2 aliphatic heterocycles. The smallest absolute Gasteiger partial charge is 0.373 e. The van der Waals surface area contributed by atoms with E-state index in [0.29, 0.717) is 18.7 Å². The zero-order valence-electron chi connectivity index (χ0n) is 16.9. The van der Waals surface area contributed by atoms with Crippen LogP contribution in [0.4, 0.5) is 4.79 Å². The van der Waals surface area contributed by atoms with Crippen LogP contribution in [-0.2, 0) is 22.5 Å². The van der Waals surface area contributed by atoms with Gasteiger partial charge in [-0.3, -0.25) is 9.69 Å². The number of hydrogen-bond donors (Lipinski definition) is 1. The molecule has 158 valence electrons. The quantitative estimate of drug-likeness (QED) is 0.733. The van der Waals surface area contributed by atoms with Crippen molar-refractivity contribution in [2.75, 3.05) is 20.2 Å². The van der Waals surface area contributed by atoms with E-state index in [9.17, 15) is 14.4 Å². The van der Waals surface area contributed by atoms with E-state index in [1.165, 1.54) is 18.1 Å². The molecule has 30 heavy (non-hydrogen) atoms. The molecule has 1 aromatic heterocycles. The van der Waals surface area contributed by atoms with Crippen LogP contribution in [0.5, 0.6) is 0 Å². The minimum absolute atomic E-state index is 0.0901. The lowest BCUT2D eigenvalue weighted by Crippen LogP contribution is -2.69. The number of piperidine rings is 1. The number of imide groups is 1. The summed E-state index contributed by atoms with van der Waals surface area (Å²) in [5.41, 5.74) is 1.07. The summed E-state index contributed by atoms with van der Waals surface area (Å²) < 4.78 is 10.2. The van der Waals surface area contributed by atoms with Crippen LogP contribution in [0.3, 0.4) is 0 Å². The lowest BCUT2D eigenvalue weighted by atomic mass is 9.93. The van der Waals surface area contributed by atoms with Gasteiger partial charge in [-0.25, -0.2) is 9.59 Å². The fourth-order valence-electron chi connectivity index (χ4n) is 4.14. The zero-order valence-corrected chi connectivity index (χ0v) is 16.9. The summed E-state index contributed by atoms with van der Waals surface area (Å²) in [6.07, 6.45) is 2.22. The summed E-state index contributed by atoms with van der Waals surface area (Å²) in [5.74, 6) is -0.174. The van der Waals surface area contributed by atoms with Crippen molar-refractivity contribution in [2.45, 2.75) is 37.9 Å². The van der Waals surface area contributed by atoms with E-state index >= 15 is 0 Å². The Bertz CT molecular complexity index is 926. The molecule has 0 bridgehead atoms. The summed E-state index contributed by atoms with van der Waals surface area (Å²) in [7, 11) is 1.28. The highest BCUT2D eigenvalue weighted by Crippen LogP contribution is 2.27. The van der Waals surface area contributed by atoms with Crippen molar-refractivity contribution in [2.24, 2.45) is 0 Å². The highest BCUT2D eigenvalue weighted by molar-refractivity contribution is 6.00. The molecule has 2 unspecified atom stereocenters. The Labute approximate surface area is 174 Å². The molecule has 1 aromatic carbocycles. The fourth-order valence-corrected chi connectivity index (χ4v) is 4.14. The van der Waals surface area contributed by atoms with Gasteiger partial charge in [0.15, 0.2) is 0 Å². The summed E-state index contributed by atoms with van der Waals surface area (Å²) in [6.45, 7) is 1.25. The van der Waals surface area contributed by atoms with Crippen LogP contribution in [0, 0.1) is 0 Å². The predicted molar refractivity (Wildman–Crippen MR) is 108 cm³/mol. The van der Waals surface area contributed by atoms with E-state index in [4.69, 9.17) is 4.42 Å². The second-order valence-electron chi connectivity index (χ2n) is 7.53. The Hall–Kier alpha value is -3.13. The van der Waals surface area contributed by atoms with E-state index in [-0.39, 0.29) is 30.3 Å². The Morgan fingerprint density at radius 3 is 2.77 bits per heavy atom. The third-order valence-corrected chi connectivity index (χ3v) is 5.68. The van der Waals surface area contributed by atoms with Crippen LogP contribution >= 0.6 is 0 Å². The Balaban J connectivity index is 1.54. The molecular weight excluding hydrogens is 386 g/mol. The third kappa shape index (κ3) is 3.95. The van der Waals surface area contributed by atoms with Crippen molar-refractivity contribution in [1.29, 1.82) is 0 Å². The van der Waals surface area contributed by atoms with Gasteiger partial charge in [0.25, 0.3) is 0 Å². The van der Waals surface area contributed by atoms with Gasteiger partial charge in [0, 0.05) is 6.54 Å². The van der Waals surface area contributed by atoms with Crippen molar-refractivity contribution in [1.82, 2.24) is 15.1 Å². The number of carbonyl (C=O) groups is 3. The van der Waals surface area contributed by atoms with Crippen molar-refractivity contribution in [3.8, 4) is 0 Å². The predicted octanol–water partition coefficient (Wildman–Crippen LogP) is 2.19. The lowest BCUT2D eigenvalue weighted by Gasteiger charge is -2.46. The standard InChI is InChI=1S/C22H25N3O5/c1-29-21(27)18-10-9-16(30-18)14-25-17-8-5-12-23-19(17)20(26)24(22(25)28)13-11-15-6-3-2-4-7-15/h2-4,6-7,9-10,17,19,23H,5,8,11-14H2,1H3. The van der Waals surface area contributed by atoms with Gasteiger partial charge < -0.3 is 19.4 Å². The van der Waals surface area contributed by atoms with Crippen LogP contribution in [-0.4, -0.2) is 60.0 Å². The number of nitrogens with one attached hydrogen (secondary N) is 1.